The lowest BCUT2D eigenvalue weighted by Gasteiger charge is -2.34. The largest absolute Gasteiger partial charge is 0.480 e. The molecule has 2 aliphatic heterocycles. The molecule has 0 saturated heterocycles. The molecule has 0 aliphatic carbocycles. The van der Waals surface area contributed by atoms with Crippen LogP contribution in [-0.2, 0) is 39.0 Å². The van der Waals surface area contributed by atoms with E-state index in [1.807, 2.05) is 7.05 Å². The zero-order valence-corrected chi connectivity index (χ0v) is 22.3. The average Bonchev–Trinajstić information content (AvgIpc) is 2.87. The van der Waals surface area contributed by atoms with E-state index >= 15 is 0 Å². The summed E-state index contributed by atoms with van der Waals surface area (Å²) in [5.74, 6) is -1.93. The highest BCUT2D eigenvalue weighted by molar-refractivity contribution is 7.89. The van der Waals surface area contributed by atoms with Crippen LogP contribution in [0.25, 0.3) is 0 Å². The van der Waals surface area contributed by atoms with Crippen LogP contribution >= 0.6 is 0 Å². The number of hydrogen-bond acceptors (Lipinski definition) is 6. The van der Waals surface area contributed by atoms with Gasteiger partial charge < -0.3 is 20.6 Å². The van der Waals surface area contributed by atoms with Crippen LogP contribution in [0.1, 0.15) is 35.6 Å². The molecule has 10 nitrogen and oxygen atoms in total. The number of nitrogens with one attached hydrogen (secondary N) is 2. The summed E-state index contributed by atoms with van der Waals surface area (Å²) in [6.07, 6.45) is 2.62. The molecular formula is C27H33N5O5S. The maximum atomic E-state index is 13.8. The minimum Gasteiger partial charge on any atom is -0.480 e. The van der Waals surface area contributed by atoms with E-state index in [-0.39, 0.29) is 30.1 Å². The van der Waals surface area contributed by atoms with Gasteiger partial charge in [0.05, 0.1) is 4.90 Å². The van der Waals surface area contributed by atoms with Crippen molar-refractivity contribution in [3.8, 4) is 0 Å². The molecule has 0 radical (unpaired) electrons. The van der Waals surface area contributed by atoms with Crippen molar-refractivity contribution in [3.05, 3.63) is 76.4 Å². The highest BCUT2D eigenvalue weighted by atomic mass is 32.2. The Hall–Kier alpha value is -3.54. The number of sulfonamides is 1. The van der Waals surface area contributed by atoms with Gasteiger partial charge in [-0.05, 0) is 68.1 Å². The Bertz CT molecular complexity index is 1400. The van der Waals surface area contributed by atoms with Gasteiger partial charge in [-0.1, -0.05) is 35.9 Å². The third kappa shape index (κ3) is 6.12. The summed E-state index contributed by atoms with van der Waals surface area (Å²) in [7, 11) is -2.12. The predicted molar refractivity (Wildman–Crippen MR) is 143 cm³/mol. The highest BCUT2D eigenvalue weighted by Crippen LogP contribution is 2.24. The smallest absolute Gasteiger partial charge is 0.326 e. The number of carboxylic acids is 1. The lowest BCUT2D eigenvalue weighted by atomic mass is 9.98. The van der Waals surface area contributed by atoms with Crippen molar-refractivity contribution >= 4 is 27.7 Å². The van der Waals surface area contributed by atoms with Gasteiger partial charge in [0.15, 0.2) is 0 Å². The molecule has 5 N–H and O–H groups in total. The number of amidine groups is 1. The van der Waals surface area contributed by atoms with Crippen LogP contribution in [-0.4, -0.2) is 73.3 Å². The SMILES string of the molecule is CC1=CCN(C(=O)[C@H](Cc2cccc(C(=N)N)c2)NS(=O)(=O)c2ccc3c(c2)CCN(C)C3)C(C(=O)O)C1. The van der Waals surface area contributed by atoms with Crippen molar-refractivity contribution in [1.82, 2.24) is 14.5 Å². The molecule has 2 aromatic carbocycles. The van der Waals surface area contributed by atoms with Crippen molar-refractivity contribution in [1.29, 1.82) is 5.41 Å². The molecule has 1 unspecified atom stereocenters. The van der Waals surface area contributed by atoms with Gasteiger partial charge in [-0.25, -0.2) is 13.2 Å². The van der Waals surface area contributed by atoms with Crippen LogP contribution in [0.3, 0.4) is 0 Å². The average molecular weight is 540 g/mol. The zero-order chi connectivity index (χ0) is 27.6. The first-order valence-corrected chi connectivity index (χ1v) is 13.9. The second-order valence-corrected chi connectivity index (χ2v) is 11.7. The summed E-state index contributed by atoms with van der Waals surface area (Å²) in [6, 6.07) is 9.28. The lowest BCUT2D eigenvalue weighted by Crippen LogP contribution is -2.55. The zero-order valence-electron chi connectivity index (χ0n) is 21.5. The van der Waals surface area contributed by atoms with Gasteiger partial charge in [-0.3, -0.25) is 10.2 Å². The third-order valence-electron chi connectivity index (χ3n) is 7.06. The number of carbonyl (C=O) groups is 2. The molecule has 11 heteroatoms. The molecule has 0 bridgehead atoms. The molecule has 0 aromatic heterocycles. The van der Waals surface area contributed by atoms with Gasteiger partial charge in [0, 0.05) is 25.2 Å². The topological polar surface area (TPSA) is 157 Å². The van der Waals surface area contributed by atoms with Gasteiger partial charge in [0.2, 0.25) is 15.9 Å². The summed E-state index contributed by atoms with van der Waals surface area (Å²) in [5.41, 5.74) is 9.51. The molecule has 202 valence electrons. The predicted octanol–water partition coefficient (Wildman–Crippen LogP) is 1.48. The van der Waals surface area contributed by atoms with Crippen LogP contribution in [0, 0.1) is 5.41 Å². The first-order chi connectivity index (χ1) is 17.9. The molecular weight excluding hydrogens is 506 g/mol. The van der Waals surface area contributed by atoms with Crippen molar-refractivity contribution in [2.75, 3.05) is 20.1 Å². The molecule has 2 aromatic rings. The minimum atomic E-state index is -4.13. The van der Waals surface area contributed by atoms with Crippen LogP contribution in [0.15, 0.2) is 59.0 Å². The summed E-state index contributed by atoms with van der Waals surface area (Å²) in [4.78, 5) is 29.2. The number of fused-ring (bicyclic) bond motifs is 1. The molecule has 0 spiro atoms. The van der Waals surface area contributed by atoms with E-state index in [2.05, 4.69) is 9.62 Å². The molecule has 0 fully saturated rings. The van der Waals surface area contributed by atoms with E-state index in [1.165, 1.54) is 11.0 Å². The van der Waals surface area contributed by atoms with Gasteiger partial charge in [-0.2, -0.15) is 4.72 Å². The quantitative estimate of drug-likeness (QED) is 0.225. The van der Waals surface area contributed by atoms with Crippen molar-refractivity contribution in [2.45, 2.75) is 49.7 Å². The van der Waals surface area contributed by atoms with E-state index < -0.39 is 34.0 Å². The first-order valence-electron chi connectivity index (χ1n) is 12.4. The maximum absolute atomic E-state index is 13.8. The maximum Gasteiger partial charge on any atom is 0.326 e. The Morgan fingerprint density at radius 3 is 2.68 bits per heavy atom. The monoisotopic (exact) mass is 539 g/mol. The Morgan fingerprint density at radius 2 is 1.97 bits per heavy atom. The van der Waals surface area contributed by atoms with Crippen LogP contribution < -0.4 is 10.5 Å². The van der Waals surface area contributed by atoms with Gasteiger partial charge in [-0.15, -0.1) is 0 Å². The molecule has 2 aliphatic rings. The summed E-state index contributed by atoms with van der Waals surface area (Å²) in [5, 5.41) is 17.5. The van der Waals surface area contributed by atoms with E-state index in [9.17, 15) is 23.1 Å². The number of rotatable bonds is 8. The van der Waals surface area contributed by atoms with Crippen molar-refractivity contribution in [3.63, 3.8) is 0 Å². The number of benzene rings is 2. The van der Waals surface area contributed by atoms with E-state index in [0.29, 0.717) is 11.1 Å². The van der Waals surface area contributed by atoms with Crippen molar-refractivity contribution in [2.24, 2.45) is 5.73 Å². The molecule has 2 atom stereocenters. The molecule has 1 amide bonds. The number of carbonyl (C=O) groups excluding carboxylic acids is 1. The number of carboxylic acid groups (broad SMARTS) is 1. The van der Waals surface area contributed by atoms with Gasteiger partial charge in [0.25, 0.3) is 0 Å². The summed E-state index contributed by atoms with van der Waals surface area (Å²) < 4.78 is 29.6. The van der Waals surface area contributed by atoms with Gasteiger partial charge >= 0.3 is 5.97 Å². The number of hydrogen-bond donors (Lipinski definition) is 4. The molecule has 2 heterocycles. The number of amides is 1. The normalized spacial score (nSPS) is 18.8. The fourth-order valence-electron chi connectivity index (χ4n) is 4.92. The molecule has 4 rings (SSSR count). The molecule has 0 saturated carbocycles. The fraction of sp³-hybridized carbons (Fsp3) is 0.370. The van der Waals surface area contributed by atoms with Crippen LogP contribution in [0.5, 0.6) is 0 Å². The Balaban J connectivity index is 1.68. The van der Waals surface area contributed by atoms with Crippen molar-refractivity contribution < 1.29 is 23.1 Å². The number of nitrogen functional groups attached to an aromatic ring is 1. The number of likely N-dealkylation sites (N-methyl/N-ethyl adjacent to an activating group) is 1. The summed E-state index contributed by atoms with van der Waals surface area (Å²) >= 11 is 0. The third-order valence-corrected chi connectivity index (χ3v) is 8.53. The fourth-order valence-corrected chi connectivity index (χ4v) is 6.16. The number of aliphatic carboxylic acids is 1. The Kier molecular flexibility index (Phi) is 8.00. The second-order valence-electron chi connectivity index (χ2n) is 10.0. The van der Waals surface area contributed by atoms with Crippen LogP contribution in [0.4, 0.5) is 0 Å². The van der Waals surface area contributed by atoms with Crippen LogP contribution in [0.2, 0.25) is 0 Å². The van der Waals surface area contributed by atoms with E-state index in [0.717, 1.165) is 36.2 Å². The Morgan fingerprint density at radius 1 is 1.21 bits per heavy atom. The second kappa shape index (κ2) is 11.1. The van der Waals surface area contributed by atoms with E-state index in [4.69, 9.17) is 11.1 Å². The first kappa shape index (κ1) is 27.5. The highest BCUT2D eigenvalue weighted by Gasteiger charge is 2.37. The Labute approximate surface area is 222 Å². The standard InChI is InChI=1S/C27H33N5O5S/c1-17-8-11-32(24(12-17)27(34)35)26(33)23(14-18-4-3-5-20(13-18)25(28)29)30-38(36,37)22-7-6-21-16-31(2)10-9-19(21)15-22/h3-8,13,15,23-24,30H,9-12,14,16H2,1-2H3,(H3,28,29)(H,34,35)/t23-,24?/m0/s1. The van der Waals surface area contributed by atoms with E-state index in [1.54, 1.807) is 49.4 Å². The molecule has 38 heavy (non-hydrogen) atoms. The minimum absolute atomic E-state index is 0.0412. The number of nitrogens with zero attached hydrogens (tertiary/aromatic N) is 2. The van der Waals surface area contributed by atoms with Gasteiger partial charge in [0.1, 0.15) is 17.9 Å². The lowest BCUT2D eigenvalue weighted by molar-refractivity contribution is -0.150. The number of nitrogens with two attached hydrogens (primary N) is 1. The summed E-state index contributed by atoms with van der Waals surface area (Å²) in [6.45, 7) is 3.42.